The van der Waals surface area contributed by atoms with Gasteiger partial charge in [-0.1, -0.05) is 15.9 Å². The topological polar surface area (TPSA) is 66.7 Å². The zero-order valence-corrected chi connectivity index (χ0v) is 12.8. The molecule has 0 spiro atoms. The van der Waals surface area contributed by atoms with Gasteiger partial charge >= 0.3 is 0 Å². The van der Waals surface area contributed by atoms with Crippen LogP contribution in [0.2, 0.25) is 0 Å². The van der Waals surface area contributed by atoms with Gasteiger partial charge in [-0.2, -0.15) is 0 Å². The van der Waals surface area contributed by atoms with Gasteiger partial charge in [0.25, 0.3) is 5.69 Å². The first-order valence-corrected chi connectivity index (χ1v) is 7.21. The number of likely N-dealkylation sites (tertiary alicyclic amines) is 1. The van der Waals surface area contributed by atoms with Crippen LogP contribution in [0.15, 0.2) is 22.7 Å². The Labute approximate surface area is 125 Å². The minimum absolute atomic E-state index is 0.0645. The van der Waals surface area contributed by atoms with E-state index in [0.717, 1.165) is 13.0 Å². The summed E-state index contributed by atoms with van der Waals surface area (Å²) in [6.07, 6.45) is 1.52. The molecule has 0 bridgehead atoms. The van der Waals surface area contributed by atoms with E-state index in [-0.39, 0.29) is 11.6 Å². The van der Waals surface area contributed by atoms with E-state index in [4.69, 9.17) is 0 Å². The Kier molecular flexibility index (Phi) is 4.59. The largest absolute Gasteiger partial charge is 0.367 e. The van der Waals surface area contributed by atoms with Crippen LogP contribution in [-0.4, -0.2) is 42.4 Å². The van der Waals surface area contributed by atoms with Crippen LogP contribution in [0.25, 0.3) is 0 Å². The Hall–Kier alpha value is -1.63. The lowest BCUT2D eigenvalue weighted by Crippen LogP contribution is -2.34. The highest BCUT2D eigenvalue weighted by Gasteiger charge is 2.22. The van der Waals surface area contributed by atoms with E-state index in [2.05, 4.69) is 15.9 Å². The molecule has 1 aliphatic rings. The second-order valence-corrected chi connectivity index (χ2v) is 5.71. The molecular weight excluding hydrogens is 326 g/mol. The molecule has 1 aliphatic heterocycles. The summed E-state index contributed by atoms with van der Waals surface area (Å²) in [6.45, 7) is 1.96. The molecule has 0 aromatic heterocycles. The lowest BCUT2D eigenvalue weighted by molar-refractivity contribution is -0.384. The van der Waals surface area contributed by atoms with E-state index in [1.807, 2.05) is 4.90 Å². The van der Waals surface area contributed by atoms with Crippen LogP contribution in [0.3, 0.4) is 0 Å². The first-order valence-electron chi connectivity index (χ1n) is 6.42. The highest BCUT2D eigenvalue weighted by molar-refractivity contribution is 9.10. The molecule has 0 atom stereocenters. The van der Waals surface area contributed by atoms with Gasteiger partial charge in [0.1, 0.15) is 5.69 Å². The van der Waals surface area contributed by atoms with Crippen molar-refractivity contribution in [1.29, 1.82) is 0 Å². The smallest absolute Gasteiger partial charge is 0.293 e. The zero-order chi connectivity index (χ0) is 14.7. The molecule has 108 valence electrons. The Morgan fingerprint density at radius 1 is 1.50 bits per heavy atom. The van der Waals surface area contributed by atoms with Crippen molar-refractivity contribution in [1.82, 2.24) is 4.90 Å². The highest BCUT2D eigenvalue weighted by Crippen LogP contribution is 2.30. The molecule has 1 aromatic carbocycles. The summed E-state index contributed by atoms with van der Waals surface area (Å²) in [5, 5.41) is 11.1. The van der Waals surface area contributed by atoms with Gasteiger partial charge in [-0.05, 0) is 18.6 Å². The average Bonchev–Trinajstić information content (AvgIpc) is 2.81. The Bertz CT molecular complexity index is 536. The standard InChI is InChI=1S/C13H16BrN3O3/c1-15(7-8-16-6-2-3-13(16)18)11-5-4-10(14)9-12(11)17(19)20/h4-5,9H,2-3,6-8H2,1H3. The fourth-order valence-corrected chi connectivity index (χ4v) is 2.65. The predicted octanol–water partition coefficient (Wildman–Crippen LogP) is 2.42. The van der Waals surface area contributed by atoms with E-state index < -0.39 is 4.92 Å². The van der Waals surface area contributed by atoms with Crippen molar-refractivity contribution in [3.05, 3.63) is 32.8 Å². The van der Waals surface area contributed by atoms with Gasteiger partial charge in [0.2, 0.25) is 5.91 Å². The van der Waals surface area contributed by atoms with Gasteiger partial charge in [0, 0.05) is 43.6 Å². The molecule has 0 unspecified atom stereocenters. The van der Waals surface area contributed by atoms with Crippen molar-refractivity contribution in [2.24, 2.45) is 0 Å². The van der Waals surface area contributed by atoms with Crippen LogP contribution in [-0.2, 0) is 4.79 Å². The van der Waals surface area contributed by atoms with E-state index in [0.29, 0.717) is 29.7 Å². The molecule has 20 heavy (non-hydrogen) atoms. The van der Waals surface area contributed by atoms with Crippen LogP contribution in [0, 0.1) is 10.1 Å². The average molecular weight is 342 g/mol. The van der Waals surface area contributed by atoms with Crippen LogP contribution < -0.4 is 4.90 Å². The fraction of sp³-hybridized carbons (Fsp3) is 0.462. The third-order valence-electron chi connectivity index (χ3n) is 3.42. The number of carbonyl (C=O) groups excluding carboxylic acids is 1. The zero-order valence-electron chi connectivity index (χ0n) is 11.2. The molecule has 1 heterocycles. The molecule has 2 rings (SSSR count). The highest BCUT2D eigenvalue weighted by atomic mass is 79.9. The minimum atomic E-state index is -0.391. The van der Waals surface area contributed by atoms with Crippen LogP contribution in [0.4, 0.5) is 11.4 Å². The minimum Gasteiger partial charge on any atom is -0.367 e. The molecule has 1 saturated heterocycles. The van der Waals surface area contributed by atoms with Gasteiger partial charge < -0.3 is 9.80 Å². The summed E-state index contributed by atoms with van der Waals surface area (Å²) in [6, 6.07) is 4.99. The number of benzene rings is 1. The predicted molar refractivity (Wildman–Crippen MR) is 79.9 cm³/mol. The monoisotopic (exact) mass is 341 g/mol. The normalized spacial score (nSPS) is 14.7. The third kappa shape index (κ3) is 3.27. The second kappa shape index (κ2) is 6.21. The van der Waals surface area contributed by atoms with Crippen LogP contribution >= 0.6 is 15.9 Å². The Morgan fingerprint density at radius 3 is 2.85 bits per heavy atom. The molecule has 1 fully saturated rings. The van der Waals surface area contributed by atoms with Gasteiger partial charge in [0.15, 0.2) is 0 Å². The van der Waals surface area contributed by atoms with Crippen molar-refractivity contribution < 1.29 is 9.72 Å². The van der Waals surface area contributed by atoms with E-state index >= 15 is 0 Å². The van der Waals surface area contributed by atoms with Crippen molar-refractivity contribution >= 4 is 33.2 Å². The number of anilines is 1. The summed E-state index contributed by atoms with van der Waals surface area (Å²) in [5.41, 5.74) is 0.625. The number of amides is 1. The molecular formula is C13H16BrN3O3. The maximum absolute atomic E-state index is 11.5. The van der Waals surface area contributed by atoms with Gasteiger partial charge in [-0.25, -0.2) is 0 Å². The molecule has 1 aromatic rings. The summed E-state index contributed by atoms with van der Waals surface area (Å²) in [7, 11) is 1.80. The van der Waals surface area contributed by atoms with E-state index in [9.17, 15) is 14.9 Å². The second-order valence-electron chi connectivity index (χ2n) is 4.80. The van der Waals surface area contributed by atoms with Gasteiger partial charge in [0.05, 0.1) is 4.92 Å². The van der Waals surface area contributed by atoms with Crippen LogP contribution in [0.1, 0.15) is 12.8 Å². The van der Waals surface area contributed by atoms with E-state index in [1.165, 1.54) is 6.07 Å². The number of likely N-dealkylation sites (N-methyl/N-ethyl adjacent to an activating group) is 1. The molecule has 0 N–H and O–H groups in total. The maximum Gasteiger partial charge on any atom is 0.293 e. The molecule has 0 saturated carbocycles. The van der Waals surface area contributed by atoms with E-state index in [1.54, 1.807) is 24.1 Å². The Morgan fingerprint density at radius 2 is 2.25 bits per heavy atom. The third-order valence-corrected chi connectivity index (χ3v) is 3.92. The van der Waals surface area contributed by atoms with Gasteiger partial charge in [-0.3, -0.25) is 14.9 Å². The molecule has 6 nitrogen and oxygen atoms in total. The van der Waals surface area contributed by atoms with Crippen molar-refractivity contribution in [2.75, 3.05) is 31.6 Å². The van der Waals surface area contributed by atoms with Crippen molar-refractivity contribution in [3.63, 3.8) is 0 Å². The fourth-order valence-electron chi connectivity index (χ4n) is 2.30. The first kappa shape index (κ1) is 14.8. The SMILES string of the molecule is CN(CCN1CCCC1=O)c1ccc(Br)cc1[N+](=O)[O-]. The molecule has 0 radical (unpaired) electrons. The number of nitrogens with zero attached hydrogens (tertiary/aromatic N) is 3. The number of nitro benzene ring substituents is 1. The first-order chi connectivity index (χ1) is 9.49. The quantitative estimate of drug-likeness (QED) is 0.609. The van der Waals surface area contributed by atoms with Crippen LogP contribution in [0.5, 0.6) is 0 Å². The molecule has 1 amide bonds. The summed E-state index contributed by atoms with van der Waals surface area (Å²) < 4.78 is 0.677. The number of halogens is 1. The molecule has 7 heteroatoms. The number of carbonyl (C=O) groups is 1. The lowest BCUT2D eigenvalue weighted by atomic mass is 10.2. The maximum atomic E-state index is 11.5. The number of rotatable bonds is 5. The van der Waals surface area contributed by atoms with Crippen molar-refractivity contribution in [2.45, 2.75) is 12.8 Å². The summed E-state index contributed by atoms with van der Waals surface area (Å²) >= 11 is 3.24. The summed E-state index contributed by atoms with van der Waals surface area (Å²) in [5.74, 6) is 0.170. The number of hydrogen-bond donors (Lipinski definition) is 0. The Balaban J connectivity index is 2.07. The summed E-state index contributed by atoms with van der Waals surface area (Å²) in [4.78, 5) is 25.9. The lowest BCUT2D eigenvalue weighted by Gasteiger charge is -2.23. The number of hydrogen-bond acceptors (Lipinski definition) is 4. The molecule has 0 aliphatic carbocycles. The van der Waals surface area contributed by atoms with Gasteiger partial charge in [-0.15, -0.1) is 0 Å². The number of nitro groups is 1. The van der Waals surface area contributed by atoms with Crippen molar-refractivity contribution in [3.8, 4) is 0 Å².